The molecule has 0 saturated carbocycles. The molecular weight excluding hydrogens is 404 g/mol. The van der Waals surface area contributed by atoms with E-state index in [0.29, 0.717) is 0 Å². The minimum atomic E-state index is -0.266. The molecular formula is C27H21ClN2O. The van der Waals surface area contributed by atoms with Gasteiger partial charge in [0.25, 0.3) is 0 Å². The summed E-state index contributed by atoms with van der Waals surface area (Å²) in [6.07, 6.45) is 0.550. The van der Waals surface area contributed by atoms with Gasteiger partial charge in [0, 0.05) is 22.6 Å². The van der Waals surface area contributed by atoms with Crippen LogP contribution in [0.5, 0.6) is 5.75 Å². The molecule has 4 aromatic rings. The molecule has 0 unspecified atom stereocenters. The second kappa shape index (κ2) is 7.14. The van der Waals surface area contributed by atoms with Gasteiger partial charge in [0.2, 0.25) is 6.23 Å². The van der Waals surface area contributed by atoms with Gasteiger partial charge < -0.3 is 4.74 Å². The van der Waals surface area contributed by atoms with Gasteiger partial charge in [-0.3, -0.25) is 0 Å². The summed E-state index contributed by atoms with van der Waals surface area (Å²) in [5.41, 5.74) is 5.64. The molecule has 31 heavy (non-hydrogen) atoms. The van der Waals surface area contributed by atoms with Gasteiger partial charge in [-0.25, -0.2) is 5.01 Å². The fraction of sp³-hybridized carbons (Fsp3) is 0.148. The van der Waals surface area contributed by atoms with Crippen molar-refractivity contribution in [2.45, 2.75) is 25.6 Å². The predicted molar refractivity (Wildman–Crippen MR) is 126 cm³/mol. The highest BCUT2D eigenvalue weighted by Gasteiger charge is 2.41. The molecule has 0 aliphatic carbocycles. The van der Waals surface area contributed by atoms with Gasteiger partial charge in [0.1, 0.15) is 5.75 Å². The first-order valence-corrected chi connectivity index (χ1v) is 10.9. The molecule has 0 bridgehead atoms. The largest absolute Gasteiger partial charge is 0.464 e. The van der Waals surface area contributed by atoms with Crippen molar-refractivity contribution < 1.29 is 4.74 Å². The fourth-order valence-electron chi connectivity index (χ4n) is 4.55. The Hall–Kier alpha value is -3.30. The second-order valence-electron chi connectivity index (χ2n) is 8.27. The normalized spacial score (nSPS) is 19.5. The summed E-state index contributed by atoms with van der Waals surface area (Å²) in [5, 5.41) is 10.4. The van der Waals surface area contributed by atoms with Gasteiger partial charge in [-0.1, -0.05) is 77.8 Å². The molecule has 2 heterocycles. The summed E-state index contributed by atoms with van der Waals surface area (Å²) < 4.78 is 6.44. The average molecular weight is 425 g/mol. The number of fused-ring (bicyclic) bond motifs is 4. The average Bonchev–Trinajstić information content (AvgIpc) is 3.25. The number of ether oxygens (including phenoxy) is 1. The molecule has 0 radical (unpaired) electrons. The van der Waals surface area contributed by atoms with Crippen LogP contribution >= 0.6 is 11.6 Å². The molecule has 2 aliphatic rings. The van der Waals surface area contributed by atoms with Gasteiger partial charge in [0.15, 0.2) is 0 Å². The monoisotopic (exact) mass is 424 g/mol. The van der Waals surface area contributed by atoms with Gasteiger partial charge in [-0.05, 0) is 47.5 Å². The Morgan fingerprint density at radius 2 is 1.71 bits per heavy atom. The quantitative estimate of drug-likeness (QED) is 0.344. The van der Waals surface area contributed by atoms with Gasteiger partial charge in [0.05, 0.1) is 11.8 Å². The molecule has 0 fully saturated rings. The molecule has 3 nitrogen and oxygen atoms in total. The van der Waals surface area contributed by atoms with Crippen molar-refractivity contribution in [3.63, 3.8) is 0 Å². The molecule has 2 atom stereocenters. The van der Waals surface area contributed by atoms with Crippen LogP contribution < -0.4 is 4.74 Å². The number of halogens is 1. The molecule has 6 rings (SSSR count). The van der Waals surface area contributed by atoms with E-state index in [1.807, 2.05) is 18.2 Å². The second-order valence-corrected chi connectivity index (χ2v) is 8.71. The SMILES string of the molecule is Cc1ccc([C@@H]2Oc3ccc(Cl)cc3[C@@H]3CC(c4ccc5ccccc5c4)=NN32)cc1. The number of rotatable bonds is 2. The van der Waals surface area contributed by atoms with Gasteiger partial charge >= 0.3 is 0 Å². The molecule has 0 spiro atoms. The molecule has 152 valence electrons. The predicted octanol–water partition coefficient (Wildman–Crippen LogP) is 7.04. The summed E-state index contributed by atoms with van der Waals surface area (Å²) in [6, 6.07) is 29.5. The van der Waals surface area contributed by atoms with E-state index in [2.05, 4.69) is 78.7 Å². The number of hydrogen-bond donors (Lipinski definition) is 0. The number of benzene rings is 4. The third-order valence-electron chi connectivity index (χ3n) is 6.20. The highest BCUT2D eigenvalue weighted by molar-refractivity contribution is 6.30. The molecule has 0 N–H and O–H groups in total. The highest BCUT2D eigenvalue weighted by Crippen LogP contribution is 2.48. The molecule has 4 heteroatoms. The van der Waals surface area contributed by atoms with Crippen LogP contribution in [0.3, 0.4) is 0 Å². The lowest BCUT2D eigenvalue weighted by molar-refractivity contribution is -0.0190. The van der Waals surface area contributed by atoms with Crippen LogP contribution in [0.4, 0.5) is 0 Å². The van der Waals surface area contributed by atoms with E-state index in [0.717, 1.165) is 39.6 Å². The Kier molecular flexibility index (Phi) is 4.25. The van der Waals surface area contributed by atoms with Crippen LogP contribution in [0.2, 0.25) is 5.02 Å². The van der Waals surface area contributed by atoms with Crippen molar-refractivity contribution in [3.05, 3.63) is 112 Å². The van der Waals surface area contributed by atoms with E-state index >= 15 is 0 Å². The molecule has 2 aliphatic heterocycles. The standard InChI is InChI=1S/C27H21ClN2O/c1-17-6-8-19(9-7-17)27-30-25(23-15-22(28)12-13-26(23)31-27)16-24(29-30)21-11-10-18-4-2-3-5-20(18)14-21/h2-15,25,27H,16H2,1H3/t25-,27-/m0/s1. The van der Waals surface area contributed by atoms with Crippen LogP contribution in [0.1, 0.15) is 40.9 Å². The number of hydrazone groups is 1. The first kappa shape index (κ1) is 18.5. The molecule has 0 saturated heterocycles. The third-order valence-corrected chi connectivity index (χ3v) is 6.43. The first-order valence-electron chi connectivity index (χ1n) is 10.5. The Bertz CT molecular complexity index is 1330. The number of hydrogen-bond acceptors (Lipinski definition) is 3. The smallest absolute Gasteiger partial charge is 0.213 e. The van der Waals surface area contributed by atoms with E-state index < -0.39 is 0 Å². The van der Waals surface area contributed by atoms with Crippen molar-refractivity contribution in [2.24, 2.45) is 5.10 Å². The molecule has 0 amide bonds. The Labute approximate surface area is 186 Å². The number of nitrogens with zero attached hydrogens (tertiary/aromatic N) is 2. The van der Waals surface area contributed by atoms with Crippen molar-refractivity contribution >= 4 is 28.1 Å². The van der Waals surface area contributed by atoms with E-state index in [4.69, 9.17) is 21.4 Å². The third kappa shape index (κ3) is 3.17. The zero-order valence-corrected chi connectivity index (χ0v) is 17.9. The zero-order chi connectivity index (χ0) is 20.9. The molecule has 0 aromatic heterocycles. The van der Waals surface area contributed by atoms with Gasteiger partial charge in [-0.15, -0.1) is 0 Å². The summed E-state index contributed by atoms with van der Waals surface area (Å²) >= 11 is 6.35. The zero-order valence-electron chi connectivity index (χ0n) is 17.1. The van der Waals surface area contributed by atoms with E-state index in [1.54, 1.807) is 0 Å². The Morgan fingerprint density at radius 3 is 2.55 bits per heavy atom. The van der Waals surface area contributed by atoms with Crippen molar-refractivity contribution in [3.8, 4) is 5.75 Å². The summed E-state index contributed by atoms with van der Waals surface area (Å²) in [7, 11) is 0. The van der Waals surface area contributed by atoms with Crippen molar-refractivity contribution in [2.75, 3.05) is 0 Å². The summed E-state index contributed by atoms with van der Waals surface area (Å²) in [6.45, 7) is 2.09. The minimum Gasteiger partial charge on any atom is -0.464 e. The fourth-order valence-corrected chi connectivity index (χ4v) is 4.73. The number of aryl methyl sites for hydroxylation is 1. The van der Waals surface area contributed by atoms with Gasteiger partial charge in [-0.2, -0.15) is 5.10 Å². The van der Waals surface area contributed by atoms with Crippen LogP contribution in [0, 0.1) is 6.92 Å². The highest BCUT2D eigenvalue weighted by atomic mass is 35.5. The van der Waals surface area contributed by atoms with Crippen molar-refractivity contribution in [1.29, 1.82) is 0 Å². The van der Waals surface area contributed by atoms with Crippen LogP contribution in [0.15, 0.2) is 90.0 Å². The first-order chi connectivity index (χ1) is 15.2. The van der Waals surface area contributed by atoms with Crippen LogP contribution in [-0.4, -0.2) is 10.7 Å². The maximum Gasteiger partial charge on any atom is 0.213 e. The van der Waals surface area contributed by atoms with E-state index in [-0.39, 0.29) is 12.3 Å². The van der Waals surface area contributed by atoms with E-state index in [1.165, 1.54) is 16.3 Å². The van der Waals surface area contributed by atoms with E-state index in [9.17, 15) is 0 Å². The summed E-state index contributed by atoms with van der Waals surface area (Å²) in [5.74, 6) is 0.881. The Morgan fingerprint density at radius 1 is 0.903 bits per heavy atom. The van der Waals surface area contributed by atoms with Crippen LogP contribution in [-0.2, 0) is 0 Å². The maximum atomic E-state index is 6.44. The topological polar surface area (TPSA) is 24.8 Å². The lowest BCUT2D eigenvalue weighted by atomic mass is 9.95. The lowest BCUT2D eigenvalue weighted by Gasteiger charge is -2.38. The van der Waals surface area contributed by atoms with Crippen molar-refractivity contribution in [1.82, 2.24) is 5.01 Å². The molecule has 4 aromatic carbocycles. The summed E-state index contributed by atoms with van der Waals surface area (Å²) in [4.78, 5) is 0. The minimum absolute atomic E-state index is 0.0928. The lowest BCUT2D eigenvalue weighted by Crippen LogP contribution is -2.33. The Balaban J connectivity index is 1.45. The maximum absolute atomic E-state index is 6.44. The van der Waals surface area contributed by atoms with Crippen LogP contribution in [0.25, 0.3) is 10.8 Å².